The lowest BCUT2D eigenvalue weighted by atomic mass is 10.0. The summed E-state index contributed by atoms with van der Waals surface area (Å²) in [5, 5.41) is 32.4. The normalized spacial score (nSPS) is 13.4. The number of nitrogens with zero attached hydrogens (tertiary/aromatic N) is 2. The molecule has 3 N–H and O–H groups in total. The molecule has 0 saturated heterocycles. The molecule has 0 aliphatic heterocycles. The minimum Gasteiger partial charge on any atom is -0.507 e. The zero-order valence-electron chi connectivity index (χ0n) is 18.6. The maximum absolute atomic E-state index is 11.8. The van der Waals surface area contributed by atoms with E-state index in [4.69, 9.17) is 4.74 Å². The van der Waals surface area contributed by atoms with Crippen LogP contribution in [0.15, 0.2) is 6.07 Å². The fourth-order valence-electron chi connectivity index (χ4n) is 3.10. The summed E-state index contributed by atoms with van der Waals surface area (Å²) in [5.74, 6) is 0.548. The highest BCUT2D eigenvalue weighted by atomic mass is 17.0. The molecule has 10 heteroatoms. The summed E-state index contributed by atoms with van der Waals surface area (Å²) in [6.45, 7) is 8.36. The topological polar surface area (TPSA) is 131 Å². The van der Waals surface area contributed by atoms with E-state index in [9.17, 15) is 25.1 Å². The third-order valence-corrected chi connectivity index (χ3v) is 4.92. The first kappa shape index (κ1) is 25.4. The summed E-state index contributed by atoms with van der Waals surface area (Å²) in [5.41, 5.74) is 2.30. The van der Waals surface area contributed by atoms with Crippen molar-refractivity contribution in [3.8, 4) is 11.5 Å². The van der Waals surface area contributed by atoms with Crippen LogP contribution in [0.25, 0.3) is 0 Å². The van der Waals surface area contributed by atoms with Gasteiger partial charge in [-0.25, -0.2) is 0 Å². The van der Waals surface area contributed by atoms with Crippen LogP contribution in [0.3, 0.4) is 0 Å². The Hall–Kier alpha value is -2.59. The molecule has 30 heavy (non-hydrogen) atoms. The Kier molecular flexibility index (Phi) is 9.31. The van der Waals surface area contributed by atoms with Crippen molar-refractivity contribution in [2.75, 3.05) is 40.3 Å². The molecule has 170 valence electrons. The third-order valence-electron chi connectivity index (χ3n) is 4.92. The zero-order valence-corrected chi connectivity index (χ0v) is 18.6. The monoisotopic (exact) mass is 428 g/mol. The van der Waals surface area contributed by atoms with Crippen LogP contribution in [-0.2, 0) is 9.63 Å². The van der Waals surface area contributed by atoms with Crippen molar-refractivity contribution < 1.29 is 34.2 Å². The number of aromatic hydroxyl groups is 1. The molecule has 0 fully saturated rings. The van der Waals surface area contributed by atoms with Crippen molar-refractivity contribution in [3.63, 3.8) is 0 Å². The van der Waals surface area contributed by atoms with Gasteiger partial charge in [0.2, 0.25) is 5.91 Å². The molecule has 2 unspecified atom stereocenters. The Labute approximate surface area is 177 Å². The third kappa shape index (κ3) is 8.42. The van der Waals surface area contributed by atoms with Gasteiger partial charge in [0.05, 0.1) is 33.6 Å². The molecule has 0 heterocycles. The van der Waals surface area contributed by atoms with Crippen LogP contribution >= 0.6 is 0 Å². The predicted octanol–water partition coefficient (Wildman–Crippen LogP) is 1.24. The van der Waals surface area contributed by atoms with Gasteiger partial charge in [0, 0.05) is 0 Å². The molecule has 10 nitrogen and oxygen atoms in total. The Balaban J connectivity index is 2.44. The first-order valence-electron chi connectivity index (χ1n) is 9.83. The van der Waals surface area contributed by atoms with E-state index in [1.807, 2.05) is 27.9 Å². The van der Waals surface area contributed by atoms with E-state index in [2.05, 4.69) is 10.2 Å². The predicted molar refractivity (Wildman–Crippen MR) is 111 cm³/mol. The summed E-state index contributed by atoms with van der Waals surface area (Å²) < 4.78 is 6.21. The van der Waals surface area contributed by atoms with Crippen LogP contribution in [0.2, 0.25) is 0 Å². The van der Waals surface area contributed by atoms with E-state index in [1.165, 1.54) is 6.92 Å². The number of phenols is 1. The number of aliphatic hydroxyl groups is 1. The van der Waals surface area contributed by atoms with E-state index >= 15 is 0 Å². The SMILES string of the molecule is Cc1cc(OCC(O)C[N+](C)(C)CCNC(=O)CC(C)O[N+](=O)[O-])c(C)c(C)c1O. The first-order valence-corrected chi connectivity index (χ1v) is 9.83. The number of likely N-dealkylation sites (N-methyl/N-ethyl adjacent to an activating group) is 1. The summed E-state index contributed by atoms with van der Waals surface area (Å²) in [4.78, 5) is 26.4. The number of carbonyl (C=O) groups excluding carboxylic acids is 1. The lowest BCUT2D eigenvalue weighted by Gasteiger charge is -2.32. The van der Waals surface area contributed by atoms with Gasteiger partial charge in [-0.2, -0.15) is 0 Å². The van der Waals surface area contributed by atoms with Crippen molar-refractivity contribution in [2.45, 2.75) is 46.3 Å². The van der Waals surface area contributed by atoms with Gasteiger partial charge in [-0.15, -0.1) is 10.1 Å². The highest BCUT2D eigenvalue weighted by molar-refractivity contribution is 5.76. The smallest absolute Gasteiger partial charge is 0.294 e. The molecule has 0 saturated carbocycles. The Morgan fingerprint density at radius 1 is 1.30 bits per heavy atom. The van der Waals surface area contributed by atoms with Crippen LogP contribution in [-0.4, -0.2) is 78.2 Å². The Bertz CT molecular complexity index is 752. The standard InChI is InChI=1S/C20H33N3O7/c1-13-9-18(15(3)16(4)20(13)26)29-12-17(24)11-23(5,6)8-7-21-19(25)10-14(2)30-22(27)28/h9,14,17,24H,7-8,10-12H2,1-6H3,(H-,21,25,26)/p+1. The molecule has 0 aliphatic rings. The number of hydrogen-bond donors (Lipinski definition) is 3. The van der Waals surface area contributed by atoms with E-state index in [-0.39, 0.29) is 24.7 Å². The van der Waals surface area contributed by atoms with Crippen LogP contribution in [0.5, 0.6) is 11.5 Å². The fraction of sp³-hybridized carbons (Fsp3) is 0.650. The van der Waals surface area contributed by atoms with E-state index < -0.39 is 17.3 Å². The lowest BCUT2D eigenvalue weighted by molar-refractivity contribution is -0.892. The van der Waals surface area contributed by atoms with E-state index in [1.54, 1.807) is 13.0 Å². The molecule has 0 bridgehead atoms. The van der Waals surface area contributed by atoms with Crippen molar-refractivity contribution >= 4 is 5.91 Å². The van der Waals surface area contributed by atoms with Crippen LogP contribution in [0, 0.1) is 30.9 Å². The molecule has 0 aliphatic carbocycles. The van der Waals surface area contributed by atoms with Gasteiger partial charge >= 0.3 is 0 Å². The number of phenolic OH excluding ortho intramolecular Hbond substituents is 1. The summed E-state index contributed by atoms with van der Waals surface area (Å²) in [6, 6.07) is 1.75. The highest BCUT2D eigenvalue weighted by Gasteiger charge is 2.22. The van der Waals surface area contributed by atoms with Crippen LogP contribution < -0.4 is 10.1 Å². The van der Waals surface area contributed by atoms with Gasteiger partial charge < -0.3 is 29.6 Å². The van der Waals surface area contributed by atoms with Crippen LogP contribution in [0.1, 0.15) is 30.0 Å². The van der Waals surface area contributed by atoms with Crippen molar-refractivity contribution in [1.82, 2.24) is 5.32 Å². The van der Waals surface area contributed by atoms with Gasteiger partial charge in [0.15, 0.2) is 0 Å². The quantitative estimate of drug-likeness (QED) is 0.259. The Morgan fingerprint density at radius 3 is 2.53 bits per heavy atom. The summed E-state index contributed by atoms with van der Waals surface area (Å²) in [7, 11) is 3.85. The van der Waals surface area contributed by atoms with Gasteiger partial charge in [-0.3, -0.25) is 4.79 Å². The number of rotatable bonds is 12. The second kappa shape index (κ2) is 11.0. The van der Waals surface area contributed by atoms with Gasteiger partial charge in [-0.1, -0.05) is 0 Å². The molecule has 1 aromatic carbocycles. The number of quaternary nitrogens is 1. The molecular weight excluding hydrogens is 394 g/mol. The average molecular weight is 429 g/mol. The largest absolute Gasteiger partial charge is 0.507 e. The summed E-state index contributed by atoms with van der Waals surface area (Å²) in [6.07, 6.45) is -1.63. The average Bonchev–Trinajstić information content (AvgIpc) is 2.60. The zero-order chi connectivity index (χ0) is 23.1. The van der Waals surface area contributed by atoms with E-state index in [0.717, 1.165) is 11.1 Å². The molecule has 0 spiro atoms. The van der Waals surface area contributed by atoms with Gasteiger partial charge in [-0.05, 0) is 50.5 Å². The lowest BCUT2D eigenvalue weighted by Crippen LogP contribution is -2.50. The maximum Gasteiger partial charge on any atom is 0.294 e. The number of ether oxygens (including phenoxy) is 1. The second-order valence-corrected chi connectivity index (χ2v) is 8.29. The number of amides is 1. The molecule has 1 amide bonds. The number of aryl methyl sites for hydroxylation is 1. The van der Waals surface area contributed by atoms with Crippen molar-refractivity contribution in [2.24, 2.45) is 0 Å². The molecular formula is C20H34N3O7+. The summed E-state index contributed by atoms with van der Waals surface area (Å²) >= 11 is 0. The van der Waals surface area contributed by atoms with Gasteiger partial charge in [0.25, 0.3) is 5.09 Å². The number of carbonyl (C=O) groups is 1. The Morgan fingerprint density at radius 2 is 1.93 bits per heavy atom. The van der Waals surface area contributed by atoms with Crippen LogP contribution in [0.4, 0.5) is 0 Å². The molecule has 0 radical (unpaired) electrons. The molecule has 1 aromatic rings. The first-order chi connectivity index (χ1) is 13.8. The maximum atomic E-state index is 11.8. The molecule has 0 aromatic heterocycles. The minimum absolute atomic E-state index is 0.101. The van der Waals surface area contributed by atoms with Gasteiger partial charge in [0.1, 0.15) is 36.9 Å². The minimum atomic E-state index is -0.913. The number of aliphatic hydroxyl groups excluding tert-OH is 1. The number of benzene rings is 1. The number of hydrogen-bond acceptors (Lipinski definition) is 7. The van der Waals surface area contributed by atoms with E-state index in [0.29, 0.717) is 35.4 Å². The van der Waals surface area contributed by atoms with Crippen molar-refractivity contribution in [3.05, 3.63) is 32.9 Å². The second-order valence-electron chi connectivity index (χ2n) is 8.29. The fourth-order valence-corrected chi connectivity index (χ4v) is 3.10. The molecule has 1 rings (SSSR count). The molecule has 2 atom stereocenters. The van der Waals surface area contributed by atoms with Crippen molar-refractivity contribution in [1.29, 1.82) is 0 Å². The highest BCUT2D eigenvalue weighted by Crippen LogP contribution is 2.32. The number of nitrogens with one attached hydrogen (secondary N) is 1.